The largest absolute Gasteiger partial charge is 0.449 e. The number of carbonyl (C=O) groups is 8. The molecule has 25 heteroatoms. The standard InChI is InChI=1S/C65H104N8O17/c1-53(74)12-8-32-82-40-45-87-37-21-67-63(79)50-72-28-26-70(48-56(77)14-10-34-84-42-44-86-36-20-66-55(3)76)24-25-71(27-29-73(31-30-72)51-64(80)68-22-38-88-46-41-83-33-9-13-54(2)75)49-57(78)15-11-35-85-43-47-89-39-23-69-65(81)90-52-62-60-18-6-4-16-58(60)59-17-5-7-19-61(59)62/h4-7,16-19,62H,8-15,20-52H2,1-3H3,(H,66,76)(H,67,79)(H,68,80)(H,69,81). The lowest BCUT2D eigenvalue weighted by Gasteiger charge is -2.33. The van der Waals surface area contributed by atoms with Crippen molar-refractivity contribution in [2.75, 3.05) is 217 Å². The van der Waals surface area contributed by atoms with Crippen molar-refractivity contribution in [1.82, 2.24) is 40.9 Å². The van der Waals surface area contributed by atoms with Gasteiger partial charge in [-0.3, -0.25) is 43.6 Å². The fourth-order valence-electron chi connectivity index (χ4n) is 9.96. The first-order valence-corrected chi connectivity index (χ1v) is 32.2. The number of ether oxygens (including phenoxy) is 9. The lowest BCUT2D eigenvalue weighted by atomic mass is 9.98. The van der Waals surface area contributed by atoms with E-state index in [9.17, 15) is 38.4 Å². The summed E-state index contributed by atoms with van der Waals surface area (Å²) in [7, 11) is 0. The van der Waals surface area contributed by atoms with E-state index < -0.39 is 6.09 Å². The van der Waals surface area contributed by atoms with Gasteiger partial charge < -0.3 is 73.5 Å². The smallest absolute Gasteiger partial charge is 0.407 e. The van der Waals surface area contributed by atoms with Crippen molar-refractivity contribution in [2.24, 2.45) is 0 Å². The average molecular weight is 1270 g/mol. The molecule has 1 fully saturated rings. The molecule has 2 aromatic carbocycles. The van der Waals surface area contributed by atoms with E-state index in [4.69, 9.17) is 42.6 Å². The molecule has 4 rings (SSSR count). The molecule has 4 N–H and O–H groups in total. The average Bonchev–Trinajstić information content (AvgIpc) is 1.67. The summed E-state index contributed by atoms with van der Waals surface area (Å²) in [5.41, 5.74) is 4.61. The summed E-state index contributed by atoms with van der Waals surface area (Å²) in [6.45, 7) is 15.9. The van der Waals surface area contributed by atoms with Crippen LogP contribution in [-0.4, -0.2) is 284 Å². The molecule has 1 aliphatic carbocycles. The van der Waals surface area contributed by atoms with E-state index in [2.05, 4.69) is 55.3 Å². The van der Waals surface area contributed by atoms with E-state index in [1.807, 2.05) is 34.1 Å². The van der Waals surface area contributed by atoms with Crippen LogP contribution >= 0.6 is 0 Å². The van der Waals surface area contributed by atoms with Crippen LogP contribution < -0.4 is 21.3 Å². The molecule has 0 aromatic heterocycles. The van der Waals surface area contributed by atoms with Gasteiger partial charge in [0.25, 0.3) is 0 Å². The second-order valence-corrected chi connectivity index (χ2v) is 22.3. The van der Waals surface area contributed by atoms with Crippen LogP contribution in [-0.2, 0) is 76.2 Å². The molecule has 2 aliphatic rings. The highest BCUT2D eigenvalue weighted by molar-refractivity contribution is 5.82. The number of hydrogen-bond donors (Lipinski definition) is 4. The van der Waals surface area contributed by atoms with Crippen LogP contribution in [0.15, 0.2) is 48.5 Å². The van der Waals surface area contributed by atoms with Crippen molar-refractivity contribution in [3.05, 3.63) is 59.7 Å². The molecule has 0 unspecified atom stereocenters. The SMILES string of the molecule is CC(=O)CCCOCCOCCNC(=O)CN1CCN(CC(=O)CCCOCCOCCNC(C)=O)CCN(CC(=O)CCCOCCOCCNC(=O)OCC2c3ccccc3-c3ccccc32)CCN(CC(=O)NCCOCCOCCCC(C)=O)CC1. The van der Waals surface area contributed by atoms with Gasteiger partial charge >= 0.3 is 6.09 Å². The molecule has 0 atom stereocenters. The van der Waals surface area contributed by atoms with Gasteiger partial charge in [0, 0.05) is 143 Å². The Kier molecular flexibility index (Phi) is 41.8. The predicted octanol–water partition coefficient (Wildman–Crippen LogP) is 2.68. The first kappa shape index (κ1) is 76.8. The minimum Gasteiger partial charge on any atom is -0.449 e. The third-order valence-corrected chi connectivity index (χ3v) is 14.7. The maximum Gasteiger partial charge on any atom is 0.407 e. The van der Waals surface area contributed by atoms with Gasteiger partial charge in [0.1, 0.15) is 29.7 Å². The second kappa shape index (κ2) is 49.0. The summed E-state index contributed by atoms with van der Waals surface area (Å²) < 4.78 is 50.6. The first-order chi connectivity index (χ1) is 43.8. The zero-order valence-corrected chi connectivity index (χ0v) is 53.9. The van der Waals surface area contributed by atoms with Gasteiger partial charge in [-0.15, -0.1) is 0 Å². The number of alkyl carbamates (subject to hydrolysis) is 1. The van der Waals surface area contributed by atoms with Crippen molar-refractivity contribution < 1.29 is 81.0 Å². The molecule has 90 heavy (non-hydrogen) atoms. The van der Waals surface area contributed by atoms with Gasteiger partial charge in [-0.2, -0.15) is 0 Å². The van der Waals surface area contributed by atoms with Crippen LogP contribution in [0.5, 0.6) is 0 Å². The fourth-order valence-corrected chi connectivity index (χ4v) is 9.96. The maximum absolute atomic E-state index is 13.7. The lowest BCUT2D eigenvalue weighted by molar-refractivity contribution is -0.124. The second-order valence-electron chi connectivity index (χ2n) is 22.3. The van der Waals surface area contributed by atoms with Gasteiger partial charge in [0.15, 0.2) is 0 Å². The molecular weight excluding hydrogens is 1160 g/mol. The third kappa shape index (κ3) is 37.0. The van der Waals surface area contributed by atoms with Crippen LogP contribution in [0.1, 0.15) is 89.2 Å². The van der Waals surface area contributed by atoms with Crippen molar-refractivity contribution in [3.63, 3.8) is 0 Å². The Balaban J connectivity index is 1.26. The number of hydrogen-bond acceptors (Lipinski definition) is 21. The van der Waals surface area contributed by atoms with Crippen LogP contribution in [0, 0.1) is 0 Å². The van der Waals surface area contributed by atoms with Crippen LogP contribution in [0.4, 0.5) is 4.79 Å². The van der Waals surface area contributed by atoms with Gasteiger partial charge in [-0.25, -0.2) is 4.79 Å². The molecule has 4 amide bonds. The van der Waals surface area contributed by atoms with E-state index in [0.717, 1.165) is 22.3 Å². The number of nitrogens with one attached hydrogen (secondary N) is 4. The molecule has 0 spiro atoms. The number of carbonyl (C=O) groups excluding carboxylic acids is 8. The molecule has 2 aromatic rings. The van der Waals surface area contributed by atoms with Crippen molar-refractivity contribution in [1.29, 1.82) is 0 Å². The van der Waals surface area contributed by atoms with E-state index in [-0.39, 0.29) is 106 Å². The third-order valence-electron chi connectivity index (χ3n) is 14.7. The molecule has 25 nitrogen and oxygen atoms in total. The normalized spacial score (nSPS) is 14.4. The predicted molar refractivity (Wildman–Crippen MR) is 338 cm³/mol. The molecule has 0 saturated carbocycles. The van der Waals surface area contributed by atoms with E-state index in [1.54, 1.807) is 13.8 Å². The van der Waals surface area contributed by atoms with Gasteiger partial charge in [0.05, 0.1) is 105 Å². The van der Waals surface area contributed by atoms with E-state index >= 15 is 0 Å². The number of benzene rings is 2. The number of fused-ring (bicyclic) bond motifs is 3. The molecule has 1 saturated heterocycles. The van der Waals surface area contributed by atoms with Crippen molar-refractivity contribution >= 4 is 46.9 Å². The quantitative estimate of drug-likeness (QED) is 0.0693. The highest BCUT2D eigenvalue weighted by Crippen LogP contribution is 2.44. The Labute approximate surface area is 532 Å². The molecule has 0 bridgehead atoms. The number of rotatable bonds is 50. The highest BCUT2D eigenvalue weighted by atomic mass is 16.6. The molecule has 0 radical (unpaired) electrons. The minimum absolute atomic E-state index is 0.0282. The molecule has 506 valence electrons. The van der Waals surface area contributed by atoms with Crippen LogP contribution in [0.25, 0.3) is 11.1 Å². The Hall–Kier alpha value is -5.68. The van der Waals surface area contributed by atoms with Crippen molar-refractivity contribution in [3.8, 4) is 11.1 Å². The number of ketones is 4. The maximum atomic E-state index is 13.7. The summed E-state index contributed by atoms with van der Waals surface area (Å²) in [4.78, 5) is 108. The summed E-state index contributed by atoms with van der Waals surface area (Å²) in [6, 6.07) is 16.4. The minimum atomic E-state index is -0.509. The Bertz CT molecular complexity index is 2280. The van der Waals surface area contributed by atoms with E-state index in [0.29, 0.717) is 209 Å². The summed E-state index contributed by atoms with van der Waals surface area (Å²) in [5.74, 6) is -0.224. The monoisotopic (exact) mass is 1270 g/mol. The summed E-state index contributed by atoms with van der Waals surface area (Å²) >= 11 is 0. The lowest BCUT2D eigenvalue weighted by Crippen LogP contribution is -2.50. The van der Waals surface area contributed by atoms with Crippen LogP contribution in [0.3, 0.4) is 0 Å². The number of Topliss-reactive ketones (excluding diaryl/α,β-unsaturated/α-hetero) is 4. The van der Waals surface area contributed by atoms with E-state index in [1.165, 1.54) is 6.92 Å². The Morgan fingerprint density at radius 3 is 1.04 bits per heavy atom. The van der Waals surface area contributed by atoms with Gasteiger partial charge in [0.2, 0.25) is 17.7 Å². The van der Waals surface area contributed by atoms with Gasteiger partial charge in [-0.05, 0) is 61.8 Å². The first-order valence-electron chi connectivity index (χ1n) is 32.2. The summed E-state index contributed by atoms with van der Waals surface area (Å²) in [5, 5.41) is 11.3. The molecule has 1 aliphatic heterocycles. The number of amides is 4. The Morgan fingerprint density at radius 2 is 0.689 bits per heavy atom. The van der Waals surface area contributed by atoms with Crippen LogP contribution in [0.2, 0.25) is 0 Å². The topological polar surface area (TPSA) is 281 Å². The fraction of sp³-hybridized carbons (Fsp3) is 0.692. The zero-order valence-electron chi connectivity index (χ0n) is 53.9. The Morgan fingerprint density at radius 1 is 0.378 bits per heavy atom. The highest BCUT2D eigenvalue weighted by Gasteiger charge is 2.29. The molecular formula is C65H104N8O17. The molecule has 1 heterocycles. The zero-order chi connectivity index (χ0) is 64.7. The number of nitrogens with zero attached hydrogens (tertiary/aromatic N) is 4. The van der Waals surface area contributed by atoms with Crippen molar-refractivity contribution in [2.45, 2.75) is 78.1 Å². The van der Waals surface area contributed by atoms with Gasteiger partial charge in [-0.1, -0.05) is 48.5 Å². The summed E-state index contributed by atoms with van der Waals surface area (Å²) in [6.07, 6.45) is 3.38.